The van der Waals surface area contributed by atoms with Gasteiger partial charge in [-0.15, -0.1) is 10.2 Å². The fourth-order valence-electron chi connectivity index (χ4n) is 2.82. The Hall–Kier alpha value is -2.43. The Bertz CT molecular complexity index is 1120. The summed E-state index contributed by atoms with van der Waals surface area (Å²) in [5.41, 5.74) is 2.51. The molecule has 0 saturated carbocycles. The smallest absolute Gasteiger partial charge is 0.249 e. The lowest BCUT2D eigenvalue weighted by Gasteiger charge is -2.28. The Labute approximate surface area is 184 Å². The number of anilines is 2. The van der Waals surface area contributed by atoms with Crippen LogP contribution in [0.25, 0.3) is 0 Å². The highest BCUT2D eigenvalue weighted by molar-refractivity contribution is 8.00. The molecule has 3 rings (SSSR count). The summed E-state index contributed by atoms with van der Waals surface area (Å²) in [4.78, 5) is 12.8. The van der Waals surface area contributed by atoms with Gasteiger partial charge in [-0.25, -0.2) is 8.42 Å². The SMILES string of the molecule is Cc1cccc(N(C(C)C(=O)Nc2nnc(SCc3ccccc3)s2)S(C)(=O)=O)c1. The Morgan fingerprint density at radius 2 is 1.90 bits per heavy atom. The summed E-state index contributed by atoms with van der Waals surface area (Å²) in [6.45, 7) is 3.41. The summed E-state index contributed by atoms with van der Waals surface area (Å²) in [5.74, 6) is 0.271. The molecule has 30 heavy (non-hydrogen) atoms. The monoisotopic (exact) mass is 462 g/mol. The number of nitrogens with zero attached hydrogens (tertiary/aromatic N) is 3. The Kier molecular flexibility index (Phi) is 7.11. The molecule has 0 aliphatic carbocycles. The van der Waals surface area contributed by atoms with Crippen molar-refractivity contribution in [2.75, 3.05) is 15.9 Å². The lowest BCUT2D eigenvalue weighted by molar-refractivity contribution is -0.116. The summed E-state index contributed by atoms with van der Waals surface area (Å²) in [6.07, 6.45) is 1.09. The highest BCUT2D eigenvalue weighted by atomic mass is 32.2. The lowest BCUT2D eigenvalue weighted by atomic mass is 10.2. The van der Waals surface area contributed by atoms with E-state index in [1.807, 2.05) is 43.3 Å². The van der Waals surface area contributed by atoms with Crippen molar-refractivity contribution in [1.82, 2.24) is 10.2 Å². The van der Waals surface area contributed by atoms with Crippen LogP contribution in [-0.2, 0) is 20.6 Å². The summed E-state index contributed by atoms with van der Waals surface area (Å²) in [6, 6.07) is 16.0. The van der Waals surface area contributed by atoms with Crippen LogP contribution in [0.15, 0.2) is 58.9 Å². The van der Waals surface area contributed by atoms with Crippen molar-refractivity contribution >= 4 is 49.8 Å². The first-order valence-electron chi connectivity index (χ1n) is 9.11. The van der Waals surface area contributed by atoms with Crippen LogP contribution in [0.3, 0.4) is 0 Å². The molecule has 1 heterocycles. The molecule has 1 N–H and O–H groups in total. The molecule has 0 aliphatic rings. The van der Waals surface area contributed by atoms with E-state index in [-0.39, 0.29) is 0 Å². The molecular weight excluding hydrogens is 440 g/mol. The number of nitrogens with one attached hydrogen (secondary N) is 1. The third-order valence-electron chi connectivity index (χ3n) is 4.19. The van der Waals surface area contributed by atoms with Gasteiger partial charge in [0.15, 0.2) is 4.34 Å². The molecule has 1 atom stereocenters. The zero-order valence-electron chi connectivity index (χ0n) is 16.8. The topological polar surface area (TPSA) is 92.3 Å². The molecule has 0 fully saturated rings. The normalized spacial score (nSPS) is 12.4. The molecule has 7 nitrogen and oxygen atoms in total. The summed E-state index contributed by atoms with van der Waals surface area (Å²) < 4.78 is 26.6. The van der Waals surface area contributed by atoms with Gasteiger partial charge in [0.05, 0.1) is 11.9 Å². The third-order valence-corrected chi connectivity index (χ3v) is 7.47. The predicted molar refractivity (Wildman–Crippen MR) is 123 cm³/mol. The zero-order chi connectivity index (χ0) is 21.7. The minimum Gasteiger partial charge on any atom is -0.299 e. The first-order chi connectivity index (χ1) is 14.2. The number of aryl methyl sites for hydroxylation is 1. The molecule has 0 aliphatic heterocycles. The van der Waals surface area contributed by atoms with Crippen LogP contribution in [-0.4, -0.2) is 36.8 Å². The number of carbonyl (C=O) groups is 1. The van der Waals surface area contributed by atoms with Gasteiger partial charge in [0.1, 0.15) is 6.04 Å². The van der Waals surface area contributed by atoms with Crippen molar-refractivity contribution in [3.05, 3.63) is 65.7 Å². The van der Waals surface area contributed by atoms with Gasteiger partial charge in [-0.2, -0.15) is 0 Å². The van der Waals surface area contributed by atoms with Crippen LogP contribution in [0, 0.1) is 6.92 Å². The van der Waals surface area contributed by atoms with E-state index in [4.69, 9.17) is 0 Å². The van der Waals surface area contributed by atoms with E-state index in [0.717, 1.165) is 26.2 Å². The van der Waals surface area contributed by atoms with E-state index in [1.165, 1.54) is 28.7 Å². The van der Waals surface area contributed by atoms with Crippen LogP contribution in [0.5, 0.6) is 0 Å². The fraction of sp³-hybridized carbons (Fsp3) is 0.250. The first-order valence-corrected chi connectivity index (χ1v) is 12.8. The van der Waals surface area contributed by atoms with Gasteiger partial charge in [-0.3, -0.25) is 14.4 Å². The molecule has 1 unspecified atom stereocenters. The summed E-state index contributed by atoms with van der Waals surface area (Å²) >= 11 is 2.78. The second-order valence-electron chi connectivity index (χ2n) is 6.71. The zero-order valence-corrected chi connectivity index (χ0v) is 19.2. The van der Waals surface area contributed by atoms with Gasteiger partial charge in [0.2, 0.25) is 21.1 Å². The van der Waals surface area contributed by atoms with Crippen molar-refractivity contribution in [3.63, 3.8) is 0 Å². The van der Waals surface area contributed by atoms with Crippen LogP contribution >= 0.6 is 23.1 Å². The maximum atomic E-state index is 12.8. The van der Waals surface area contributed by atoms with Crippen LogP contribution in [0.1, 0.15) is 18.1 Å². The molecule has 10 heteroatoms. The minimum atomic E-state index is -3.67. The van der Waals surface area contributed by atoms with Crippen LogP contribution < -0.4 is 9.62 Å². The third kappa shape index (κ3) is 5.80. The number of aromatic nitrogens is 2. The van der Waals surface area contributed by atoms with Gasteiger partial charge in [-0.1, -0.05) is 65.6 Å². The van der Waals surface area contributed by atoms with Crippen molar-refractivity contribution in [2.24, 2.45) is 0 Å². The van der Waals surface area contributed by atoms with Crippen molar-refractivity contribution in [2.45, 2.75) is 30.0 Å². The fourth-order valence-corrected chi connectivity index (χ4v) is 5.70. The number of amides is 1. The van der Waals surface area contributed by atoms with E-state index < -0.39 is 22.0 Å². The number of hydrogen-bond acceptors (Lipinski definition) is 7. The quantitative estimate of drug-likeness (QED) is 0.403. The molecule has 3 aromatic rings. The van der Waals surface area contributed by atoms with Crippen molar-refractivity contribution < 1.29 is 13.2 Å². The second-order valence-corrected chi connectivity index (χ2v) is 10.8. The minimum absolute atomic E-state index is 0.333. The maximum absolute atomic E-state index is 12.8. The number of rotatable bonds is 8. The largest absolute Gasteiger partial charge is 0.299 e. The van der Waals surface area contributed by atoms with Crippen molar-refractivity contribution in [3.8, 4) is 0 Å². The number of hydrogen-bond donors (Lipinski definition) is 1. The lowest BCUT2D eigenvalue weighted by Crippen LogP contribution is -2.45. The number of sulfonamides is 1. The Morgan fingerprint density at radius 3 is 2.57 bits per heavy atom. The summed E-state index contributed by atoms with van der Waals surface area (Å²) in [5, 5.41) is 11.1. The molecule has 158 valence electrons. The Balaban J connectivity index is 1.69. The first kappa shape index (κ1) is 22.3. The standard InChI is InChI=1S/C20H22N4O3S3/c1-14-8-7-11-17(12-14)24(30(3,26)27)15(2)18(25)21-19-22-23-20(29-19)28-13-16-9-5-4-6-10-16/h4-12,15H,13H2,1-3H3,(H,21,22,25). The highest BCUT2D eigenvalue weighted by Crippen LogP contribution is 2.29. The van der Waals surface area contributed by atoms with Crippen molar-refractivity contribution in [1.29, 1.82) is 0 Å². The maximum Gasteiger partial charge on any atom is 0.249 e. The van der Waals surface area contributed by atoms with E-state index in [0.29, 0.717) is 10.8 Å². The van der Waals surface area contributed by atoms with E-state index in [2.05, 4.69) is 15.5 Å². The van der Waals surface area contributed by atoms with Gasteiger partial charge >= 0.3 is 0 Å². The molecule has 0 saturated heterocycles. The molecule has 1 aromatic heterocycles. The number of benzene rings is 2. The molecule has 0 bridgehead atoms. The second kappa shape index (κ2) is 9.59. The van der Waals surface area contributed by atoms with E-state index in [1.54, 1.807) is 25.1 Å². The van der Waals surface area contributed by atoms with E-state index >= 15 is 0 Å². The van der Waals surface area contributed by atoms with Crippen LogP contribution in [0.4, 0.5) is 10.8 Å². The predicted octanol–water partition coefficient (Wildman–Crippen LogP) is 3.93. The molecular formula is C20H22N4O3S3. The van der Waals surface area contributed by atoms with E-state index in [9.17, 15) is 13.2 Å². The highest BCUT2D eigenvalue weighted by Gasteiger charge is 2.29. The van der Waals surface area contributed by atoms with Gasteiger partial charge in [0, 0.05) is 5.75 Å². The average Bonchev–Trinajstić information content (AvgIpc) is 3.13. The van der Waals surface area contributed by atoms with Gasteiger partial charge in [-0.05, 0) is 37.1 Å². The average molecular weight is 463 g/mol. The molecule has 2 aromatic carbocycles. The summed E-state index contributed by atoms with van der Waals surface area (Å²) in [7, 11) is -3.67. The number of carbonyl (C=O) groups excluding carboxylic acids is 1. The van der Waals surface area contributed by atoms with Crippen LogP contribution in [0.2, 0.25) is 0 Å². The number of thioether (sulfide) groups is 1. The van der Waals surface area contributed by atoms with Gasteiger partial charge < -0.3 is 0 Å². The Morgan fingerprint density at radius 1 is 1.17 bits per heavy atom. The molecule has 1 amide bonds. The molecule has 0 radical (unpaired) electrons. The molecule has 0 spiro atoms. The van der Waals surface area contributed by atoms with Gasteiger partial charge in [0.25, 0.3) is 0 Å².